The Labute approximate surface area is 378 Å². The van der Waals surface area contributed by atoms with Crippen molar-refractivity contribution in [2.75, 3.05) is 0 Å². The molecule has 0 saturated heterocycles. The quantitative estimate of drug-likeness (QED) is 0.0371. The lowest BCUT2D eigenvalue weighted by Gasteiger charge is -2.44. The van der Waals surface area contributed by atoms with E-state index in [1.807, 2.05) is 71.4 Å². The largest absolute Gasteiger partial charge is 0.287 e. The third-order valence-corrected chi connectivity index (χ3v) is 11.1. The van der Waals surface area contributed by atoms with Crippen LogP contribution in [0.2, 0.25) is 0 Å². The molecule has 0 atom stereocenters. The van der Waals surface area contributed by atoms with Crippen LogP contribution < -0.4 is 26.4 Å². The zero-order valence-corrected chi connectivity index (χ0v) is 33.9. The minimum atomic E-state index is -7.22. The smallest absolute Gasteiger partial charge is 0.227 e. The summed E-state index contributed by atoms with van der Waals surface area (Å²) in [6.45, 7) is 0.319. The molecule has 23 heteroatoms. The number of halogens is 20. The van der Waals surface area contributed by atoms with Crippen LogP contribution in [-0.2, 0) is 6.54 Å². The number of Topliss-reactive ketones (excluding diaryl/α,β-unsaturated/α-hetero) is 1. The molecule has 0 fully saturated rings. The van der Waals surface area contributed by atoms with Crippen LogP contribution in [0.4, 0.5) is 87.8 Å². The van der Waals surface area contributed by atoms with Gasteiger partial charge in [-0.05, 0) is 23.6 Å². The minimum absolute atomic E-state index is 0.109. The number of rotatable bonds is 8. The lowest BCUT2D eigenvalue weighted by Crippen LogP contribution is -2.81. The van der Waals surface area contributed by atoms with Crippen molar-refractivity contribution in [1.82, 2.24) is 0 Å². The van der Waals surface area contributed by atoms with Crippen molar-refractivity contribution >= 4 is 44.6 Å². The summed E-state index contributed by atoms with van der Waals surface area (Å²) in [5.74, 6) is -71.3. The summed E-state index contributed by atoms with van der Waals surface area (Å²) in [6, 6.07) is 30.1. The highest BCUT2D eigenvalue weighted by Crippen LogP contribution is 2.31. The number of hydrogen-bond donors (Lipinski definition) is 0. The fraction of sp³-hybridized carbons (Fsp3) is 0.0213. The number of benzene rings is 7. The van der Waals surface area contributed by atoms with Crippen molar-refractivity contribution in [3.63, 3.8) is 0 Å². The molecule has 0 aliphatic carbocycles. The van der Waals surface area contributed by atoms with Gasteiger partial charge in [0, 0.05) is 17.2 Å². The van der Waals surface area contributed by atoms with E-state index in [1.54, 1.807) is 0 Å². The van der Waals surface area contributed by atoms with Crippen molar-refractivity contribution in [3.05, 3.63) is 219 Å². The van der Waals surface area contributed by atoms with Gasteiger partial charge < -0.3 is 0 Å². The lowest BCUT2D eigenvalue weighted by molar-refractivity contribution is -0.671. The van der Waals surface area contributed by atoms with Gasteiger partial charge in [-0.2, -0.15) is 4.57 Å². The predicted molar refractivity (Wildman–Crippen MR) is 210 cm³/mol. The lowest BCUT2D eigenvalue weighted by atomic mass is 9.12. The van der Waals surface area contributed by atoms with Crippen LogP contribution in [0.15, 0.2) is 97.2 Å². The second-order valence-electron chi connectivity index (χ2n) is 14.8. The molecule has 70 heavy (non-hydrogen) atoms. The van der Waals surface area contributed by atoms with Crippen molar-refractivity contribution in [2.24, 2.45) is 0 Å². The van der Waals surface area contributed by atoms with Crippen LogP contribution in [0.3, 0.4) is 0 Å². The third kappa shape index (κ3) is 7.85. The van der Waals surface area contributed by atoms with E-state index >= 15 is 35.1 Å². The van der Waals surface area contributed by atoms with E-state index in [2.05, 4.69) is 30.3 Å². The van der Waals surface area contributed by atoms with E-state index in [1.165, 1.54) is 5.39 Å². The Bertz CT molecular complexity index is 3050. The first-order chi connectivity index (χ1) is 33.0. The number of nitrogens with zero attached hydrogens (tertiary/aromatic N) is 1. The minimum Gasteiger partial charge on any atom is -0.287 e. The van der Waals surface area contributed by atoms with Gasteiger partial charge in [0.05, 0.1) is 5.39 Å². The second kappa shape index (κ2) is 19.0. The zero-order chi connectivity index (χ0) is 51.4. The first-order valence-corrected chi connectivity index (χ1v) is 19.3. The molecule has 8 rings (SSSR count). The molecule has 0 saturated carbocycles. The topological polar surface area (TPSA) is 20.9 Å². The Kier molecular flexibility index (Phi) is 13.6. The number of fused-ring (bicyclic) bond motifs is 1. The molecule has 2 nitrogen and oxygen atoms in total. The molecule has 0 amide bonds. The number of carbonyl (C=O) groups is 1. The molecule has 0 bridgehead atoms. The second-order valence-corrected chi connectivity index (χ2v) is 14.8. The first kappa shape index (κ1) is 50.2. The van der Waals surface area contributed by atoms with Crippen LogP contribution in [0, 0.1) is 116 Å². The Morgan fingerprint density at radius 1 is 0.343 bits per heavy atom. The van der Waals surface area contributed by atoms with Gasteiger partial charge in [-0.1, -0.05) is 66.7 Å². The number of carbonyl (C=O) groups excluding carboxylic acids is 1. The molecule has 360 valence electrons. The molecule has 7 aromatic carbocycles. The number of hydrogen-bond acceptors (Lipinski definition) is 1. The molecule has 0 aliphatic heterocycles. The maximum absolute atomic E-state index is 15.4. The molecular formula is C47H18BF20NO. The standard InChI is InChI=1S/C24BF20.C23H18NO/c26-5-1(6(27)14(35)21(42)13(5)34)25(2-7(28)15(36)22(43)16(37)8(2)29,3-9(30)17(38)23(44)18(39)10(3)31)4-11(32)19(40)24(45)20(41)12(4)33;25-22(19-10-3-1-4-11-19)17-24-16-15-18-9-7-8-14-21(18)23(24)20-12-5-2-6-13-20/h;1-16H,17H2/q-1;+1. The molecule has 1 aromatic heterocycles. The summed E-state index contributed by atoms with van der Waals surface area (Å²) < 4.78 is 296. The molecule has 0 radical (unpaired) electrons. The Morgan fingerprint density at radius 2 is 0.629 bits per heavy atom. The molecule has 0 N–H and O–H groups in total. The molecular weight excluding hydrogens is 985 g/mol. The maximum atomic E-state index is 15.4. The highest BCUT2D eigenvalue weighted by molar-refractivity contribution is 7.20. The summed E-state index contributed by atoms with van der Waals surface area (Å²) in [7, 11) is 0. The number of ketones is 1. The fourth-order valence-electron chi connectivity index (χ4n) is 8.05. The SMILES string of the molecule is Fc1c(F)c(F)c([B-](c2c(F)c(F)c(F)c(F)c2F)(c2c(F)c(F)c(F)c(F)c2F)c2c(F)c(F)c(F)c(F)c2F)c(F)c1F.O=C(C[n+]1ccc2ccccc2c1-c1ccccc1)c1ccccc1. The average molecular weight is 1000 g/mol. The van der Waals surface area contributed by atoms with Gasteiger partial charge in [0.2, 0.25) is 18.0 Å². The van der Waals surface area contributed by atoms with E-state index in [4.69, 9.17) is 0 Å². The van der Waals surface area contributed by atoms with Gasteiger partial charge >= 0.3 is 0 Å². The normalized spacial score (nSPS) is 11.5. The van der Waals surface area contributed by atoms with Crippen LogP contribution >= 0.6 is 0 Å². The average Bonchev–Trinajstić information content (AvgIpc) is 3.36. The van der Waals surface area contributed by atoms with Gasteiger partial charge in [0.25, 0.3) is 0 Å². The Morgan fingerprint density at radius 3 is 0.971 bits per heavy atom. The third-order valence-electron chi connectivity index (χ3n) is 11.1. The van der Waals surface area contributed by atoms with Gasteiger partial charge in [0.1, 0.15) is 52.7 Å². The van der Waals surface area contributed by atoms with Crippen molar-refractivity contribution in [3.8, 4) is 11.3 Å². The van der Waals surface area contributed by atoms with E-state index in [0.29, 0.717) is 6.54 Å². The summed E-state index contributed by atoms with van der Waals surface area (Å²) in [5.41, 5.74) is -11.4. The van der Waals surface area contributed by atoms with E-state index in [9.17, 15) is 57.5 Å². The van der Waals surface area contributed by atoms with Gasteiger partial charge in [-0.15, -0.1) is 21.9 Å². The summed E-state index contributed by atoms with van der Waals surface area (Å²) in [5, 5.41) is 2.32. The molecule has 0 unspecified atom stereocenters. The van der Waals surface area contributed by atoms with Crippen molar-refractivity contribution < 1.29 is 97.2 Å². The van der Waals surface area contributed by atoms with Crippen molar-refractivity contribution in [1.29, 1.82) is 0 Å². The van der Waals surface area contributed by atoms with E-state index in [-0.39, 0.29) is 5.78 Å². The zero-order valence-electron chi connectivity index (χ0n) is 33.9. The van der Waals surface area contributed by atoms with Crippen LogP contribution in [0.25, 0.3) is 22.0 Å². The molecule has 0 spiro atoms. The first-order valence-electron chi connectivity index (χ1n) is 19.3. The van der Waals surface area contributed by atoms with Crippen molar-refractivity contribution in [2.45, 2.75) is 6.54 Å². The van der Waals surface area contributed by atoms with Crippen LogP contribution in [-0.4, -0.2) is 11.9 Å². The summed E-state index contributed by atoms with van der Waals surface area (Å²) >= 11 is 0. The number of aromatic nitrogens is 1. The number of pyridine rings is 1. The highest BCUT2D eigenvalue weighted by atomic mass is 19.2. The molecule has 1 heterocycles. The van der Waals surface area contributed by atoms with Gasteiger partial charge in [-0.3, -0.25) is 4.79 Å². The summed E-state index contributed by atoms with van der Waals surface area (Å²) in [4.78, 5) is 12.7. The highest BCUT2D eigenvalue weighted by Gasteiger charge is 2.52. The maximum Gasteiger partial charge on any atom is 0.227 e. The summed E-state index contributed by atoms with van der Waals surface area (Å²) in [6.07, 6.45) is -5.21. The van der Waals surface area contributed by atoms with Crippen LogP contribution in [0.5, 0.6) is 0 Å². The van der Waals surface area contributed by atoms with Gasteiger partial charge in [0.15, 0.2) is 76.0 Å². The Hall–Kier alpha value is -7.72. The van der Waals surface area contributed by atoms with Gasteiger partial charge in [-0.25, -0.2) is 87.8 Å². The predicted octanol–water partition coefficient (Wildman–Crippen LogP) is 10.5. The molecule has 0 aliphatic rings. The monoisotopic (exact) mass is 1000 g/mol. The Balaban J connectivity index is 0.000000242. The van der Waals surface area contributed by atoms with Crippen LogP contribution in [0.1, 0.15) is 10.4 Å². The van der Waals surface area contributed by atoms with E-state index in [0.717, 1.165) is 22.2 Å². The fourth-order valence-corrected chi connectivity index (χ4v) is 8.05. The molecule has 8 aromatic rings. The van der Waals surface area contributed by atoms with E-state index < -0.39 is 144 Å².